The second kappa shape index (κ2) is 10.5. The first-order chi connectivity index (χ1) is 15.7. The van der Waals surface area contributed by atoms with E-state index in [1.54, 1.807) is 25.1 Å². The number of non-ortho nitro benzene ring substituents is 1. The zero-order chi connectivity index (χ0) is 24.0. The second-order valence-electron chi connectivity index (χ2n) is 6.84. The number of halogens is 1. The maximum atomic E-state index is 13.3. The van der Waals surface area contributed by atoms with Gasteiger partial charge in [-0.1, -0.05) is 30.3 Å². The molecular weight excluding hydrogens is 559 g/mol. The minimum Gasteiger partial charge on any atom is -0.271 e. The summed E-state index contributed by atoms with van der Waals surface area (Å²) in [6, 6.07) is 20.1. The molecular formula is C22H19IN4O5S. The first kappa shape index (κ1) is 24.3. The first-order valence-corrected chi connectivity index (χ1v) is 12.1. The number of anilines is 1. The van der Waals surface area contributed by atoms with Crippen molar-refractivity contribution >= 4 is 55.6 Å². The van der Waals surface area contributed by atoms with Crippen LogP contribution in [-0.4, -0.2) is 31.5 Å². The first-order valence-electron chi connectivity index (χ1n) is 9.60. The number of carbonyl (C=O) groups is 1. The largest absolute Gasteiger partial charge is 0.271 e. The number of nitrogens with zero attached hydrogens (tertiary/aromatic N) is 3. The summed E-state index contributed by atoms with van der Waals surface area (Å²) in [7, 11) is -4.13. The Morgan fingerprint density at radius 3 is 2.33 bits per heavy atom. The predicted molar refractivity (Wildman–Crippen MR) is 134 cm³/mol. The Morgan fingerprint density at radius 2 is 1.73 bits per heavy atom. The molecule has 0 saturated heterocycles. The van der Waals surface area contributed by atoms with Crippen molar-refractivity contribution < 1.29 is 18.1 Å². The fourth-order valence-electron chi connectivity index (χ4n) is 2.87. The molecule has 11 heteroatoms. The van der Waals surface area contributed by atoms with Gasteiger partial charge < -0.3 is 0 Å². The molecule has 0 aliphatic heterocycles. The van der Waals surface area contributed by atoms with Crippen LogP contribution >= 0.6 is 22.6 Å². The molecule has 0 aliphatic rings. The number of benzene rings is 3. The van der Waals surface area contributed by atoms with Gasteiger partial charge in [0.2, 0.25) is 0 Å². The number of nitrogens with one attached hydrogen (secondary N) is 1. The zero-order valence-electron chi connectivity index (χ0n) is 17.4. The summed E-state index contributed by atoms with van der Waals surface area (Å²) in [5.74, 6) is -0.669. The fraction of sp³-hybridized carbons (Fsp3) is 0.0909. The van der Waals surface area contributed by atoms with Crippen LogP contribution in [0.3, 0.4) is 0 Å². The third kappa shape index (κ3) is 6.14. The quantitative estimate of drug-likeness (QED) is 0.188. The lowest BCUT2D eigenvalue weighted by Gasteiger charge is -2.23. The van der Waals surface area contributed by atoms with Crippen LogP contribution in [0.2, 0.25) is 0 Å². The maximum Gasteiger partial charge on any atom is 0.269 e. The van der Waals surface area contributed by atoms with Gasteiger partial charge in [0.1, 0.15) is 6.54 Å². The van der Waals surface area contributed by atoms with Gasteiger partial charge in [-0.2, -0.15) is 5.10 Å². The lowest BCUT2D eigenvalue weighted by Crippen LogP contribution is -2.39. The molecule has 3 rings (SSSR count). The van der Waals surface area contributed by atoms with Crippen LogP contribution in [0.4, 0.5) is 11.4 Å². The van der Waals surface area contributed by atoms with Gasteiger partial charge in [0.15, 0.2) is 0 Å². The van der Waals surface area contributed by atoms with Gasteiger partial charge in [-0.25, -0.2) is 13.8 Å². The number of nitro groups is 1. The molecule has 0 radical (unpaired) electrons. The van der Waals surface area contributed by atoms with Crippen molar-refractivity contribution in [3.63, 3.8) is 0 Å². The third-order valence-corrected chi connectivity index (χ3v) is 7.02. The zero-order valence-corrected chi connectivity index (χ0v) is 20.4. The van der Waals surface area contributed by atoms with E-state index < -0.39 is 27.4 Å². The molecule has 3 aromatic rings. The highest BCUT2D eigenvalue weighted by Gasteiger charge is 2.27. The number of hydrazone groups is 1. The van der Waals surface area contributed by atoms with Gasteiger partial charge in [0.05, 0.1) is 21.2 Å². The van der Waals surface area contributed by atoms with Crippen molar-refractivity contribution in [3.8, 4) is 0 Å². The van der Waals surface area contributed by atoms with Crippen molar-refractivity contribution in [1.82, 2.24) is 5.43 Å². The van der Waals surface area contributed by atoms with Gasteiger partial charge in [0, 0.05) is 15.7 Å². The summed E-state index contributed by atoms with van der Waals surface area (Å²) in [5, 5.41) is 15.0. The van der Waals surface area contributed by atoms with E-state index in [-0.39, 0.29) is 16.3 Å². The number of nitro benzene ring substituents is 1. The number of hydrogen-bond acceptors (Lipinski definition) is 6. The monoisotopic (exact) mass is 578 g/mol. The molecule has 9 nitrogen and oxygen atoms in total. The van der Waals surface area contributed by atoms with E-state index in [2.05, 4.69) is 33.1 Å². The Labute approximate surface area is 204 Å². The molecule has 0 saturated carbocycles. The Bertz CT molecular complexity index is 1300. The molecule has 0 atom stereocenters. The Hall–Kier alpha value is -3.32. The summed E-state index contributed by atoms with van der Waals surface area (Å²) in [4.78, 5) is 23.0. The topological polar surface area (TPSA) is 122 Å². The van der Waals surface area contributed by atoms with Crippen LogP contribution in [0.5, 0.6) is 0 Å². The van der Waals surface area contributed by atoms with Gasteiger partial charge in [-0.15, -0.1) is 0 Å². The fourth-order valence-corrected chi connectivity index (χ4v) is 4.85. The summed E-state index contributed by atoms with van der Waals surface area (Å²) >= 11 is 2.17. The van der Waals surface area contributed by atoms with Crippen LogP contribution in [0.15, 0.2) is 88.9 Å². The molecule has 0 bridgehead atoms. The van der Waals surface area contributed by atoms with Gasteiger partial charge in [0.25, 0.3) is 21.6 Å². The van der Waals surface area contributed by atoms with Gasteiger partial charge in [-0.3, -0.25) is 19.2 Å². The minimum atomic E-state index is -4.13. The molecule has 0 unspecified atom stereocenters. The van der Waals surface area contributed by atoms with Crippen LogP contribution in [0.1, 0.15) is 12.5 Å². The van der Waals surface area contributed by atoms with E-state index in [1.807, 2.05) is 24.3 Å². The van der Waals surface area contributed by atoms with Crippen LogP contribution in [-0.2, 0) is 14.8 Å². The lowest BCUT2D eigenvalue weighted by atomic mass is 10.1. The molecule has 170 valence electrons. The molecule has 0 fully saturated rings. The Balaban J connectivity index is 1.88. The number of hydrogen-bond donors (Lipinski definition) is 1. The number of rotatable bonds is 8. The molecule has 0 aromatic heterocycles. The number of carbonyl (C=O) groups excluding carboxylic acids is 1. The van der Waals surface area contributed by atoms with Crippen molar-refractivity contribution in [2.75, 3.05) is 10.8 Å². The summed E-state index contributed by atoms with van der Waals surface area (Å²) in [6.07, 6.45) is 0. The second-order valence-corrected chi connectivity index (χ2v) is 9.95. The van der Waals surface area contributed by atoms with E-state index in [0.29, 0.717) is 5.71 Å². The number of sulfonamides is 1. The van der Waals surface area contributed by atoms with E-state index in [9.17, 15) is 23.3 Å². The van der Waals surface area contributed by atoms with E-state index in [1.165, 1.54) is 36.4 Å². The molecule has 0 spiro atoms. The normalized spacial score (nSPS) is 11.6. The van der Waals surface area contributed by atoms with Gasteiger partial charge >= 0.3 is 0 Å². The lowest BCUT2D eigenvalue weighted by molar-refractivity contribution is -0.384. The van der Waals surface area contributed by atoms with Gasteiger partial charge in [-0.05, 0) is 71.5 Å². The van der Waals surface area contributed by atoms with Crippen LogP contribution in [0.25, 0.3) is 0 Å². The molecule has 0 aliphatic carbocycles. The summed E-state index contributed by atoms with van der Waals surface area (Å²) in [6.45, 7) is 1.15. The number of amides is 1. The summed E-state index contributed by atoms with van der Waals surface area (Å²) < 4.78 is 28.4. The minimum absolute atomic E-state index is 0.0188. The standard InChI is InChI=1S/C22H19IN4O5S/c1-16(17-6-5-7-18(23)14-17)24-25-22(28)15-26(19-10-12-20(13-11-19)27(29)30)33(31,32)21-8-3-2-4-9-21/h2-14H,15H2,1H3,(H,25,28)/b24-16-. The molecule has 1 N–H and O–H groups in total. The van der Waals surface area contributed by atoms with E-state index in [4.69, 9.17) is 0 Å². The third-order valence-electron chi connectivity index (χ3n) is 4.56. The van der Waals surface area contributed by atoms with E-state index >= 15 is 0 Å². The molecule has 1 amide bonds. The smallest absolute Gasteiger partial charge is 0.269 e. The van der Waals surface area contributed by atoms with Crippen molar-refractivity contribution in [2.45, 2.75) is 11.8 Å². The van der Waals surface area contributed by atoms with Crippen molar-refractivity contribution in [1.29, 1.82) is 0 Å². The molecule has 33 heavy (non-hydrogen) atoms. The highest BCUT2D eigenvalue weighted by molar-refractivity contribution is 14.1. The van der Waals surface area contributed by atoms with E-state index in [0.717, 1.165) is 13.4 Å². The average Bonchev–Trinajstić information content (AvgIpc) is 2.81. The van der Waals surface area contributed by atoms with Crippen LogP contribution < -0.4 is 9.73 Å². The Kier molecular flexibility index (Phi) is 7.76. The Morgan fingerprint density at radius 1 is 1.06 bits per heavy atom. The van der Waals surface area contributed by atoms with Crippen LogP contribution in [0, 0.1) is 13.7 Å². The average molecular weight is 578 g/mol. The maximum absolute atomic E-state index is 13.3. The highest BCUT2D eigenvalue weighted by Crippen LogP contribution is 2.25. The SMILES string of the molecule is C/C(=N/NC(=O)CN(c1ccc([N+](=O)[O-])cc1)S(=O)(=O)c1ccccc1)c1cccc(I)c1. The molecule has 0 heterocycles. The predicted octanol–water partition coefficient (Wildman–Crippen LogP) is 3.94. The highest BCUT2D eigenvalue weighted by atomic mass is 127. The van der Waals surface area contributed by atoms with Crippen molar-refractivity contribution in [2.24, 2.45) is 5.10 Å². The summed E-state index contributed by atoms with van der Waals surface area (Å²) in [5.41, 5.74) is 3.66. The van der Waals surface area contributed by atoms with Crippen molar-refractivity contribution in [3.05, 3.63) is 98.1 Å². The molecule has 3 aromatic carbocycles.